The molecule has 1 aromatic heterocycles. The Morgan fingerprint density at radius 1 is 1.36 bits per heavy atom. The van der Waals surface area contributed by atoms with Crippen LogP contribution in [0.25, 0.3) is 5.69 Å². The van der Waals surface area contributed by atoms with Gasteiger partial charge in [0.2, 0.25) is 0 Å². The van der Waals surface area contributed by atoms with E-state index in [9.17, 15) is 9.90 Å². The van der Waals surface area contributed by atoms with Crippen LogP contribution in [0.5, 0.6) is 0 Å². The first-order chi connectivity index (χ1) is 10.7. The van der Waals surface area contributed by atoms with Crippen LogP contribution in [0.4, 0.5) is 0 Å². The van der Waals surface area contributed by atoms with Crippen LogP contribution >= 0.6 is 0 Å². The number of rotatable bonds is 5. The van der Waals surface area contributed by atoms with Gasteiger partial charge in [0.25, 0.3) is 5.91 Å². The van der Waals surface area contributed by atoms with Crippen LogP contribution in [0.15, 0.2) is 36.9 Å². The third kappa shape index (κ3) is 2.87. The van der Waals surface area contributed by atoms with Gasteiger partial charge in [-0.3, -0.25) is 9.36 Å². The summed E-state index contributed by atoms with van der Waals surface area (Å²) in [6, 6.07) is 7.49. The fourth-order valence-electron chi connectivity index (χ4n) is 2.97. The summed E-state index contributed by atoms with van der Waals surface area (Å²) < 4.78 is 1.73. The number of para-hydroxylation sites is 1. The zero-order valence-corrected chi connectivity index (χ0v) is 12.5. The third-order valence-corrected chi connectivity index (χ3v) is 4.32. The van der Waals surface area contributed by atoms with E-state index in [0.717, 1.165) is 24.9 Å². The Labute approximate surface area is 129 Å². The minimum absolute atomic E-state index is 0.0995. The average Bonchev–Trinajstić information content (AvgIpc) is 3.04. The summed E-state index contributed by atoms with van der Waals surface area (Å²) >= 11 is 0. The molecule has 1 fully saturated rings. The second-order valence-electron chi connectivity index (χ2n) is 5.76. The van der Waals surface area contributed by atoms with E-state index in [0.29, 0.717) is 11.5 Å². The lowest BCUT2D eigenvalue weighted by molar-refractivity contribution is 0.0232. The van der Waals surface area contributed by atoms with Crippen molar-refractivity contribution in [2.24, 2.45) is 5.92 Å². The first-order valence-corrected chi connectivity index (χ1v) is 7.62. The second kappa shape index (κ2) is 6.27. The van der Waals surface area contributed by atoms with E-state index in [1.54, 1.807) is 23.3 Å². The number of aliphatic hydroxyl groups excluding tert-OH is 1. The Kier molecular flexibility index (Phi) is 4.20. The molecule has 1 aliphatic carbocycles. The molecule has 1 saturated carbocycles. The molecule has 0 spiro atoms. The number of aromatic nitrogens is 3. The number of amides is 1. The topological polar surface area (TPSA) is 80.0 Å². The van der Waals surface area contributed by atoms with Crippen molar-refractivity contribution in [3.63, 3.8) is 0 Å². The predicted octanol–water partition coefficient (Wildman–Crippen LogP) is 1.55. The molecular formula is C16H20N4O2. The highest BCUT2D eigenvalue weighted by atomic mass is 16.3. The minimum Gasteiger partial charge on any atom is -0.393 e. The van der Waals surface area contributed by atoms with Gasteiger partial charge in [0, 0.05) is 6.04 Å². The van der Waals surface area contributed by atoms with Gasteiger partial charge in [-0.05, 0) is 37.3 Å². The first kappa shape index (κ1) is 14.7. The van der Waals surface area contributed by atoms with Crippen LogP contribution in [0, 0.1) is 5.92 Å². The summed E-state index contributed by atoms with van der Waals surface area (Å²) in [4.78, 5) is 12.6. The molecule has 0 bridgehead atoms. The molecule has 2 N–H and O–H groups in total. The van der Waals surface area contributed by atoms with E-state index in [1.807, 2.05) is 18.2 Å². The van der Waals surface area contributed by atoms with E-state index < -0.39 is 0 Å². The number of nitrogens with zero attached hydrogens (tertiary/aromatic N) is 3. The molecule has 1 heterocycles. The number of hydrogen-bond donors (Lipinski definition) is 2. The van der Waals surface area contributed by atoms with Crippen molar-refractivity contribution in [2.75, 3.05) is 0 Å². The van der Waals surface area contributed by atoms with Gasteiger partial charge < -0.3 is 10.4 Å². The van der Waals surface area contributed by atoms with Crippen LogP contribution in [-0.4, -0.2) is 37.9 Å². The lowest BCUT2D eigenvalue weighted by Crippen LogP contribution is -2.46. The van der Waals surface area contributed by atoms with E-state index in [-0.39, 0.29) is 18.1 Å². The van der Waals surface area contributed by atoms with Crippen molar-refractivity contribution in [3.8, 4) is 5.69 Å². The SMILES string of the molecule is CC[C@H](NC(=O)c1ccccc1-n1cnnc1)C1CC(O)C1. The molecule has 0 radical (unpaired) electrons. The average molecular weight is 300 g/mol. The summed E-state index contributed by atoms with van der Waals surface area (Å²) in [6.07, 6.45) is 5.34. The maximum atomic E-state index is 12.6. The molecule has 0 aliphatic heterocycles. The zero-order valence-electron chi connectivity index (χ0n) is 12.5. The van der Waals surface area contributed by atoms with Crippen LogP contribution in [0.2, 0.25) is 0 Å². The molecule has 0 unspecified atom stereocenters. The maximum Gasteiger partial charge on any atom is 0.253 e. The maximum absolute atomic E-state index is 12.6. The van der Waals surface area contributed by atoms with Crippen molar-refractivity contribution in [3.05, 3.63) is 42.5 Å². The van der Waals surface area contributed by atoms with E-state index >= 15 is 0 Å². The monoisotopic (exact) mass is 300 g/mol. The largest absolute Gasteiger partial charge is 0.393 e. The van der Waals surface area contributed by atoms with Gasteiger partial charge in [0.05, 0.1) is 17.4 Å². The molecule has 1 amide bonds. The van der Waals surface area contributed by atoms with Crippen molar-refractivity contribution in [2.45, 2.75) is 38.3 Å². The van der Waals surface area contributed by atoms with E-state index in [1.165, 1.54) is 0 Å². The van der Waals surface area contributed by atoms with Crippen molar-refractivity contribution >= 4 is 5.91 Å². The molecule has 116 valence electrons. The highest BCUT2D eigenvalue weighted by Crippen LogP contribution is 2.31. The zero-order chi connectivity index (χ0) is 15.5. The molecule has 6 nitrogen and oxygen atoms in total. The molecule has 0 saturated heterocycles. The number of nitrogens with one attached hydrogen (secondary N) is 1. The Bertz CT molecular complexity index is 635. The Morgan fingerprint density at radius 3 is 2.68 bits per heavy atom. The van der Waals surface area contributed by atoms with Crippen molar-refractivity contribution < 1.29 is 9.90 Å². The van der Waals surface area contributed by atoms with Gasteiger partial charge in [0.15, 0.2) is 0 Å². The summed E-state index contributed by atoms with van der Waals surface area (Å²) in [7, 11) is 0. The van der Waals surface area contributed by atoms with Crippen LogP contribution < -0.4 is 5.32 Å². The van der Waals surface area contributed by atoms with Gasteiger partial charge in [-0.2, -0.15) is 0 Å². The Balaban J connectivity index is 1.78. The van der Waals surface area contributed by atoms with Crippen LogP contribution in [0.1, 0.15) is 36.5 Å². The van der Waals surface area contributed by atoms with Crippen LogP contribution in [-0.2, 0) is 0 Å². The minimum atomic E-state index is -0.208. The quantitative estimate of drug-likeness (QED) is 0.878. The number of benzene rings is 1. The van der Waals surface area contributed by atoms with Crippen molar-refractivity contribution in [1.29, 1.82) is 0 Å². The van der Waals surface area contributed by atoms with Crippen LogP contribution in [0.3, 0.4) is 0 Å². The smallest absolute Gasteiger partial charge is 0.253 e. The predicted molar refractivity (Wildman–Crippen MR) is 81.6 cm³/mol. The lowest BCUT2D eigenvalue weighted by atomic mass is 9.76. The van der Waals surface area contributed by atoms with Gasteiger partial charge in [-0.25, -0.2) is 0 Å². The third-order valence-electron chi connectivity index (χ3n) is 4.32. The molecule has 1 aromatic carbocycles. The fourth-order valence-corrected chi connectivity index (χ4v) is 2.97. The number of carbonyl (C=O) groups is 1. The number of aliphatic hydroxyl groups is 1. The summed E-state index contributed by atoms with van der Waals surface area (Å²) in [5.41, 5.74) is 1.36. The molecule has 2 aromatic rings. The van der Waals surface area contributed by atoms with Gasteiger partial charge >= 0.3 is 0 Å². The van der Waals surface area contributed by atoms with E-state index in [4.69, 9.17) is 0 Å². The van der Waals surface area contributed by atoms with Gasteiger partial charge in [-0.15, -0.1) is 10.2 Å². The standard InChI is InChI=1S/C16H20N4O2/c1-2-14(11-7-12(21)8-11)19-16(22)13-5-3-4-6-15(13)20-9-17-18-10-20/h3-6,9-12,14,21H,2,7-8H2,1H3,(H,19,22)/t11?,12?,14-/m0/s1. The first-order valence-electron chi connectivity index (χ1n) is 7.62. The van der Waals surface area contributed by atoms with Gasteiger partial charge in [0.1, 0.15) is 12.7 Å². The Morgan fingerprint density at radius 2 is 2.05 bits per heavy atom. The normalized spacial score (nSPS) is 21.9. The van der Waals surface area contributed by atoms with E-state index in [2.05, 4.69) is 22.4 Å². The summed E-state index contributed by atoms with van der Waals surface area (Å²) in [5, 5.41) is 20.1. The number of hydrogen-bond acceptors (Lipinski definition) is 4. The Hall–Kier alpha value is -2.21. The van der Waals surface area contributed by atoms with Crippen molar-refractivity contribution in [1.82, 2.24) is 20.1 Å². The lowest BCUT2D eigenvalue weighted by Gasteiger charge is -2.37. The summed E-state index contributed by atoms with van der Waals surface area (Å²) in [6.45, 7) is 2.06. The molecular weight excluding hydrogens is 280 g/mol. The highest BCUT2D eigenvalue weighted by molar-refractivity contribution is 5.98. The molecule has 6 heteroatoms. The summed E-state index contributed by atoms with van der Waals surface area (Å²) in [5.74, 6) is 0.267. The molecule has 1 atom stereocenters. The van der Waals surface area contributed by atoms with Gasteiger partial charge in [-0.1, -0.05) is 19.1 Å². The molecule has 3 rings (SSSR count). The fraction of sp³-hybridized carbons (Fsp3) is 0.438. The molecule has 22 heavy (non-hydrogen) atoms. The second-order valence-corrected chi connectivity index (χ2v) is 5.76. The number of carbonyl (C=O) groups excluding carboxylic acids is 1. The molecule has 1 aliphatic rings. The highest BCUT2D eigenvalue weighted by Gasteiger charge is 2.34.